The van der Waals surface area contributed by atoms with Crippen molar-refractivity contribution in [1.29, 1.82) is 0 Å². The minimum Gasteiger partial charge on any atom is -0.486 e. The molecule has 0 aliphatic heterocycles. The summed E-state index contributed by atoms with van der Waals surface area (Å²) in [6.45, 7) is 22.6. The normalized spacial score (nSPS) is 12.1. The van der Waals surface area contributed by atoms with Gasteiger partial charge in [-0.1, -0.05) is 83.4 Å². The van der Waals surface area contributed by atoms with Crippen LogP contribution in [0.4, 0.5) is 0 Å². The molecule has 4 aromatic heterocycles. The summed E-state index contributed by atoms with van der Waals surface area (Å²) in [6, 6.07) is 33.8. The second kappa shape index (κ2) is 14.8. The van der Waals surface area contributed by atoms with E-state index < -0.39 is 8.07 Å². The maximum atomic E-state index is 6.05. The van der Waals surface area contributed by atoms with Crippen LogP contribution < -0.4 is 5.19 Å². The number of pyridine rings is 2. The Bertz CT molecular complexity index is 2240. The SMILES string of the molecule is CC(C)Cc1cc(-c2[c-]cccc2)ncc1[Si](C)(C)C.CC(C)n1c(-c2[c-]cc3oc4nc(C(C)(C)C)ccc4c3c2)nc2ccccc21.[Ir]. The van der Waals surface area contributed by atoms with E-state index in [0.29, 0.717) is 17.7 Å². The van der Waals surface area contributed by atoms with Crippen molar-refractivity contribution in [3.8, 4) is 22.6 Å². The number of benzene rings is 3. The van der Waals surface area contributed by atoms with Gasteiger partial charge in [0.2, 0.25) is 5.71 Å². The molecule has 0 saturated carbocycles. The summed E-state index contributed by atoms with van der Waals surface area (Å²) in [4.78, 5) is 14.4. The largest absolute Gasteiger partial charge is 0.486 e. The Morgan fingerprint density at radius 2 is 1.58 bits per heavy atom. The van der Waals surface area contributed by atoms with Gasteiger partial charge in [-0.15, -0.1) is 59.7 Å². The van der Waals surface area contributed by atoms with Gasteiger partial charge in [0, 0.05) is 48.8 Å². The second-order valence-electron chi connectivity index (χ2n) is 15.8. The Morgan fingerprint density at radius 3 is 2.24 bits per heavy atom. The summed E-state index contributed by atoms with van der Waals surface area (Å²) in [5.41, 5.74) is 9.18. The molecule has 5 nitrogen and oxygen atoms in total. The number of fused-ring (bicyclic) bond motifs is 4. The molecule has 0 aliphatic carbocycles. The smallest absolute Gasteiger partial charge is 0.216 e. The van der Waals surface area contributed by atoms with E-state index in [4.69, 9.17) is 14.4 Å². The maximum absolute atomic E-state index is 6.05. The van der Waals surface area contributed by atoms with Gasteiger partial charge in [0.1, 0.15) is 0 Å². The molecule has 1 radical (unpaired) electrons. The fourth-order valence-corrected chi connectivity index (χ4v) is 7.97. The van der Waals surface area contributed by atoms with Crippen LogP contribution in [-0.4, -0.2) is 27.6 Å². The summed E-state index contributed by atoms with van der Waals surface area (Å²) >= 11 is 0. The molecule has 50 heavy (non-hydrogen) atoms. The molecule has 0 saturated heterocycles. The van der Waals surface area contributed by atoms with Crippen LogP contribution in [0, 0.1) is 18.1 Å². The van der Waals surface area contributed by atoms with Crippen LogP contribution in [0.25, 0.3) is 55.7 Å². The molecule has 0 amide bonds. The summed E-state index contributed by atoms with van der Waals surface area (Å²) in [5, 5.41) is 3.56. The Labute approximate surface area is 311 Å². The first kappa shape index (κ1) is 37.4. The Balaban J connectivity index is 0.000000204. The van der Waals surface area contributed by atoms with E-state index >= 15 is 0 Å². The molecule has 0 spiro atoms. The molecule has 0 bridgehead atoms. The molecule has 0 unspecified atom stereocenters. The number of furan rings is 1. The minimum absolute atomic E-state index is 0. The van der Waals surface area contributed by atoms with Crippen molar-refractivity contribution in [2.45, 2.75) is 86.0 Å². The van der Waals surface area contributed by atoms with Crippen LogP contribution in [-0.2, 0) is 31.9 Å². The fraction of sp³-hybridized carbons (Fsp3) is 0.326. The second-order valence-corrected chi connectivity index (χ2v) is 20.8. The number of rotatable bonds is 6. The average Bonchev–Trinajstić information content (AvgIpc) is 3.62. The summed E-state index contributed by atoms with van der Waals surface area (Å²) in [6.07, 6.45) is 3.24. The van der Waals surface area contributed by atoms with Gasteiger partial charge in [-0.05, 0) is 61.3 Å². The van der Waals surface area contributed by atoms with Crippen LogP contribution in [0.2, 0.25) is 19.6 Å². The van der Waals surface area contributed by atoms with Crippen LogP contribution in [0.15, 0.2) is 89.5 Å². The van der Waals surface area contributed by atoms with Gasteiger partial charge in [0.15, 0.2) is 0 Å². The Kier molecular flexibility index (Phi) is 11.0. The molecule has 0 atom stereocenters. The molecule has 0 aliphatic rings. The average molecular weight is 857 g/mol. The Hall–Kier alpha value is -3.90. The van der Waals surface area contributed by atoms with E-state index in [2.05, 4.69) is 145 Å². The third-order valence-electron chi connectivity index (χ3n) is 8.80. The van der Waals surface area contributed by atoms with Crippen molar-refractivity contribution in [1.82, 2.24) is 19.5 Å². The van der Waals surface area contributed by atoms with Gasteiger partial charge in [-0.25, -0.2) is 4.98 Å². The molecule has 261 valence electrons. The van der Waals surface area contributed by atoms with E-state index in [-0.39, 0.29) is 25.5 Å². The zero-order valence-electron chi connectivity index (χ0n) is 31.0. The van der Waals surface area contributed by atoms with E-state index in [0.717, 1.165) is 62.1 Å². The summed E-state index contributed by atoms with van der Waals surface area (Å²) in [5.74, 6) is 1.59. The first-order valence-corrected chi connectivity index (χ1v) is 20.9. The zero-order valence-corrected chi connectivity index (χ0v) is 34.4. The van der Waals surface area contributed by atoms with Gasteiger partial charge in [0.05, 0.1) is 30.5 Å². The first-order valence-electron chi connectivity index (χ1n) is 17.4. The predicted octanol–water partition coefficient (Wildman–Crippen LogP) is 11.0. The first-order chi connectivity index (χ1) is 23.2. The minimum atomic E-state index is -1.34. The van der Waals surface area contributed by atoms with Crippen molar-refractivity contribution in [2.24, 2.45) is 5.92 Å². The van der Waals surface area contributed by atoms with Crippen LogP contribution in [0.1, 0.15) is 65.8 Å². The van der Waals surface area contributed by atoms with Crippen molar-refractivity contribution in [3.63, 3.8) is 0 Å². The van der Waals surface area contributed by atoms with Gasteiger partial charge >= 0.3 is 0 Å². The van der Waals surface area contributed by atoms with E-state index in [1.165, 1.54) is 10.8 Å². The maximum Gasteiger partial charge on any atom is 0.216 e. The predicted molar refractivity (Wildman–Crippen MR) is 208 cm³/mol. The summed E-state index contributed by atoms with van der Waals surface area (Å²) in [7, 11) is -1.34. The van der Waals surface area contributed by atoms with Gasteiger partial charge in [0.25, 0.3) is 0 Å². The number of para-hydroxylation sites is 2. The number of nitrogens with zero attached hydrogens (tertiary/aromatic N) is 4. The molecule has 0 fully saturated rings. The van der Waals surface area contributed by atoms with Gasteiger partial charge < -0.3 is 14.0 Å². The molecular weight excluding hydrogens is 809 g/mol. The monoisotopic (exact) mass is 857 g/mol. The standard InChI is InChI=1S/C25H24N3O.C18H24NSi.Ir/c1-15(2)28-20-9-7-6-8-19(20)26-23(28)16-10-12-21-18(14-16)17-11-13-22(25(3,4)5)27-24(17)29-21;1-14(2)11-16-12-17(15-9-7-6-8-10-15)19-13-18(16)20(3,4)5;/h6-9,11-15H,1-5H3;6-9,12-14H,11H2,1-5H3;/q2*-1;. The van der Waals surface area contributed by atoms with Crippen molar-refractivity contribution >= 4 is 46.4 Å². The quantitative estimate of drug-likeness (QED) is 0.123. The molecule has 7 aromatic rings. The number of hydrogen-bond acceptors (Lipinski definition) is 4. The third kappa shape index (κ3) is 7.86. The van der Waals surface area contributed by atoms with Crippen molar-refractivity contribution in [2.75, 3.05) is 0 Å². The molecule has 4 heterocycles. The fourth-order valence-electron chi connectivity index (χ4n) is 6.39. The zero-order chi connectivity index (χ0) is 35.1. The van der Waals surface area contributed by atoms with Gasteiger partial charge in [-0.2, -0.15) is 0 Å². The molecule has 0 N–H and O–H groups in total. The van der Waals surface area contributed by atoms with E-state index in [1.54, 1.807) is 0 Å². The topological polar surface area (TPSA) is 56.7 Å². The van der Waals surface area contributed by atoms with Crippen molar-refractivity contribution in [3.05, 3.63) is 108 Å². The molecule has 7 rings (SSSR count). The van der Waals surface area contributed by atoms with Crippen LogP contribution in [0.5, 0.6) is 0 Å². The number of aromatic nitrogens is 4. The van der Waals surface area contributed by atoms with Crippen LogP contribution in [0.3, 0.4) is 0 Å². The van der Waals surface area contributed by atoms with Gasteiger partial charge in [-0.3, -0.25) is 4.98 Å². The van der Waals surface area contributed by atoms with E-state index in [9.17, 15) is 0 Å². The summed E-state index contributed by atoms with van der Waals surface area (Å²) < 4.78 is 8.32. The number of hydrogen-bond donors (Lipinski definition) is 0. The Morgan fingerprint density at radius 1 is 0.840 bits per heavy atom. The third-order valence-corrected chi connectivity index (χ3v) is 10.9. The van der Waals surface area contributed by atoms with Crippen molar-refractivity contribution < 1.29 is 24.5 Å². The number of imidazole rings is 1. The molecule has 7 heteroatoms. The molecule has 3 aromatic carbocycles. The van der Waals surface area contributed by atoms with E-state index in [1.807, 2.05) is 30.3 Å². The molecular formula is C43H48IrN4OSi-2. The van der Waals surface area contributed by atoms with Crippen LogP contribution >= 0.6 is 0 Å².